The Bertz CT molecular complexity index is 1200. The first-order valence-corrected chi connectivity index (χ1v) is 12.0. The summed E-state index contributed by atoms with van der Waals surface area (Å²) in [6.45, 7) is 7.44. The summed E-state index contributed by atoms with van der Waals surface area (Å²) < 4.78 is 10.9. The van der Waals surface area contributed by atoms with E-state index in [0.717, 1.165) is 48.6 Å². The fourth-order valence-electron chi connectivity index (χ4n) is 4.39. The summed E-state index contributed by atoms with van der Waals surface area (Å²) in [6.07, 6.45) is 1.14. The van der Waals surface area contributed by atoms with Gasteiger partial charge in [0.05, 0.1) is 31.2 Å². The van der Waals surface area contributed by atoms with E-state index in [-0.39, 0.29) is 5.91 Å². The molecule has 3 aromatic rings. The van der Waals surface area contributed by atoms with Crippen molar-refractivity contribution in [3.05, 3.63) is 83.4 Å². The molecule has 0 aromatic heterocycles. The molecule has 0 bridgehead atoms. The number of anilines is 2. The van der Waals surface area contributed by atoms with Crippen LogP contribution in [0, 0.1) is 0 Å². The van der Waals surface area contributed by atoms with Crippen molar-refractivity contribution in [2.45, 2.75) is 26.8 Å². The van der Waals surface area contributed by atoms with Crippen molar-refractivity contribution in [3.8, 4) is 11.5 Å². The Hall–Kier alpha value is -3.77. The zero-order valence-corrected chi connectivity index (χ0v) is 20.9. The molecular weight excluding hydrogens is 438 g/mol. The predicted octanol–water partition coefficient (Wildman–Crippen LogP) is 5.87. The molecule has 0 fully saturated rings. The van der Waals surface area contributed by atoms with E-state index in [1.807, 2.05) is 36.4 Å². The van der Waals surface area contributed by atoms with E-state index in [4.69, 9.17) is 9.47 Å². The number of rotatable bonds is 10. The molecule has 0 saturated heterocycles. The van der Waals surface area contributed by atoms with Gasteiger partial charge in [0, 0.05) is 23.9 Å². The van der Waals surface area contributed by atoms with Gasteiger partial charge in [-0.15, -0.1) is 0 Å². The molecule has 1 aliphatic heterocycles. The molecule has 182 valence electrons. The topological polar surface area (TPSA) is 62.8 Å². The average molecular weight is 472 g/mol. The summed E-state index contributed by atoms with van der Waals surface area (Å²) in [5, 5.41) is 6.51. The van der Waals surface area contributed by atoms with Crippen molar-refractivity contribution in [3.63, 3.8) is 0 Å². The van der Waals surface area contributed by atoms with E-state index in [2.05, 4.69) is 53.6 Å². The minimum atomic E-state index is -0.170. The lowest BCUT2D eigenvalue weighted by Gasteiger charge is -2.20. The summed E-state index contributed by atoms with van der Waals surface area (Å²) in [7, 11) is 3.18. The first kappa shape index (κ1) is 24.4. The van der Waals surface area contributed by atoms with Crippen LogP contribution < -0.4 is 20.1 Å². The van der Waals surface area contributed by atoms with E-state index in [9.17, 15) is 4.79 Å². The maximum absolute atomic E-state index is 13.2. The molecule has 0 saturated carbocycles. The molecule has 0 atom stereocenters. The molecule has 6 heteroatoms. The van der Waals surface area contributed by atoms with Crippen molar-refractivity contribution in [2.75, 3.05) is 37.9 Å². The van der Waals surface area contributed by atoms with Crippen LogP contribution >= 0.6 is 0 Å². The predicted molar refractivity (Wildman–Crippen MR) is 143 cm³/mol. The normalized spacial score (nSPS) is 13.9. The lowest BCUT2D eigenvalue weighted by atomic mass is 9.99. The number of carbonyl (C=O) groups excluding carboxylic acids is 1. The SMILES string of the molecule is CCCN(CC)Cc1ccc(N/C(=C2\C(=O)Nc3cc(OC)c(OC)cc32)c2ccccc2)cc1. The number of carbonyl (C=O) groups is 1. The maximum atomic E-state index is 13.2. The lowest BCUT2D eigenvalue weighted by molar-refractivity contribution is -0.110. The summed E-state index contributed by atoms with van der Waals surface area (Å²) in [4.78, 5) is 15.6. The van der Waals surface area contributed by atoms with Crippen molar-refractivity contribution in [1.82, 2.24) is 4.90 Å². The number of nitrogens with one attached hydrogen (secondary N) is 2. The van der Waals surface area contributed by atoms with Crippen LogP contribution in [-0.2, 0) is 11.3 Å². The van der Waals surface area contributed by atoms with E-state index in [1.165, 1.54) is 5.56 Å². The van der Waals surface area contributed by atoms with Crippen LogP contribution in [0.15, 0.2) is 66.7 Å². The van der Waals surface area contributed by atoms with Gasteiger partial charge in [0.25, 0.3) is 5.91 Å². The molecule has 0 radical (unpaired) electrons. The summed E-state index contributed by atoms with van der Waals surface area (Å²) in [6, 6.07) is 22.0. The third-order valence-corrected chi connectivity index (χ3v) is 6.20. The summed E-state index contributed by atoms with van der Waals surface area (Å²) in [5.74, 6) is 0.975. The molecule has 1 aliphatic rings. The van der Waals surface area contributed by atoms with Crippen LogP contribution in [-0.4, -0.2) is 38.1 Å². The summed E-state index contributed by atoms with van der Waals surface area (Å²) in [5.41, 5.74) is 5.88. The zero-order chi connectivity index (χ0) is 24.8. The highest BCUT2D eigenvalue weighted by Crippen LogP contribution is 2.43. The average Bonchev–Trinajstić information content (AvgIpc) is 3.21. The highest BCUT2D eigenvalue weighted by Gasteiger charge is 2.30. The molecule has 0 aliphatic carbocycles. The highest BCUT2D eigenvalue weighted by molar-refractivity contribution is 6.37. The minimum absolute atomic E-state index is 0.170. The van der Waals surface area contributed by atoms with Gasteiger partial charge in [-0.3, -0.25) is 9.69 Å². The Morgan fingerprint density at radius 3 is 2.26 bits per heavy atom. The number of ether oxygens (including phenoxy) is 2. The van der Waals surface area contributed by atoms with Gasteiger partial charge in [0.15, 0.2) is 11.5 Å². The Balaban J connectivity index is 1.73. The smallest absolute Gasteiger partial charge is 0.258 e. The minimum Gasteiger partial charge on any atom is -0.493 e. The number of benzene rings is 3. The number of nitrogens with zero attached hydrogens (tertiary/aromatic N) is 1. The van der Waals surface area contributed by atoms with Crippen molar-refractivity contribution >= 4 is 28.6 Å². The van der Waals surface area contributed by atoms with Gasteiger partial charge in [0.1, 0.15) is 0 Å². The van der Waals surface area contributed by atoms with Crippen molar-refractivity contribution in [1.29, 1.82) is 0 Å². The largest absolute Gasteiger partial charge is 0.493 e. The molecule has 1 amide bonds. The Kier molecular flexibility index (Phi) is 7.73. The molecule has 1 heterocycles. The second-order valence-corrected chi connectivity index (χ2v) is 8.51. The monoisotopic (exact) mass is 471 g/mol. The third kappa shape index (κ3) is 5.33. The van der Waals surface area contributed by atoms with E-state index in [1.54, 1.807) is 20.3 Å². The van der Waals surface area contributed by atoms with Crippen molar-refractivity contribution < 1.29 is 14.3 Å². The van der Waals surface area contributed by atoms with Gasteiger partial charge in [-0.05, 0) is 48.8 Å². The van der Waals surface area contributed by atoms with Gasteiger partial charge in [-0.2, -0.15) is 0 Å². The molecule has 4 rings (SSSR count). The fraction of sp³-hybridized carbons (Fsp3) is 0.276. The Morgan fingerprint density at radius 2 is 1.63 bits per heavy atom. The molecular formula is C29H33N3O3. The Morgan fingerprint density at radius 1 is 0.943 bits per heavy atom. The number of hydrogen-bond donors (Lipinski definition) is 2. The number of methoxy groups -OCH3 is 2. The molecule has 35 heavy (non-hydrogen) atoms. The van der Waals surface area contributed by atoms with Crippen LogP contribution in [0.3, 0.4) is 0 Å². The van der Waals surface area contributed by atoms with E-state index >= 15 is 0 Å². The van der Waals surface area contributed by atoms with Crippen LogP contribution in [0.2, 0.25) is 0 Å². The van der Waals surface area contributed by atoms with Crippen LogP contribution in [0.25, 0.3) is 11.3 Å². The van der Waals surface area contributed by atoms with Crippen LogP contribution in [0.5, 0.6) is 11.5 Å². The maximum Gasteiger partial charge on any atom is 0.258 e. The first-order chi connectivity index (χ1) is 17.1. The summed E-state index contributed by atoms with van der Waals surface area (Å²) >= 11 is 0. The number of amides is 1. The lowest BCUT2D eigenvalue weighted by Crippen LogP contribution is -2.23. The zero-order valence-electron chi connectivity index (χ0n) is 20.9. The van der Waals surface area contributed by atoms with Gasteiger partial charge < -0.3 is 20.1 Å². The fourth-order valence-corrected chi connectivity index (χ4v) is 4.39. The van der Waals surface area contributed by atoms with Crippen LogP contribution in [0.4, 0.5) is 11.4 Å². The third-order valence-electron chi connectivity index (χ3n) is 6.20. The molecule has 0 spiro atoms. The Labute approximate surface area is 207 Å². The number of fused-ring (bicyclic) bond motifs is 1. The van der Waals surface area contributed by atoms with Gasteiger partial charge in [-0.1, -0.05) is 56.3 Å². The molecule has 3 aromatic carbocycles. The van der Waals surface area contributed by atoms with Gasteiger partial charge >= 0.3 is 0 Å². The highest BCUT2D eigenvalue weighted by atomic mass is 16.5. The quantitative estimate of drug-likeness (QED) is 0.362. The number of hydrogen-bond acceptors (Lipinski definition) is 5. The standard InChI is InChI=1S/C29H33N3O3/c1-5-16-32(6-2)19-20-12-14-22(15-13-20)30-28(21-10-8-7-9-11-21)27-23-17-25(34-3)26(35-4)18-24(23)31-29(27)33/h7-15,17-18,30H,5-6,16,19H2,1-4H3,(H,31,33)/b28-27-. The van der Waals surface area contributed by atoms with Crippen molar-refractivity contribution in [2.24, 2.45) is 0 Å². The molecule has 0 unspecified atom stereocenters. The molecule has 2 N–H and O–H groups in total. The van der Waals surface area contributed by atoms with E-state index < -0.39 is 0 Å². The van der Waals surface area contributed by atoms with Gasteiger partial charge in [-0.25, -0.2) is 0 Å². The van der Waals surface area contributed by atoms with E-state index in [0.29, 0.717) is 22.8 Å². The second-order valence-electron chi connectivity index (χ2n) is 8.51. The second kappa shape index (κ2) is 11.1. The molecule has 6 nitrogen and oxygen atoms in total. The first-order valence-electron chi connectivity index (χ1n) is 12.0. The van der Waals surface area contributed by atoms with Crippen LogP contribution in [0.1, 0.15) is 37.0 Å². The van der Waals surface area contributed by atoms with Gasteiger partial charge in [0.2, 0.25) is 0 Å².